The van der Waals surface area contributed by atoms with Crippen molar-refractivity contribution in [1.82, 2.24) is 10.0 Å². The first kappa shape index (κ1) is 21.1. The van der Waals surface area contributed by atoms with Crippen molar-refractivity contribution in [3.05, 3.63) is 24.3 Å². The van der Waals surface area contributed by atoms with Gasteiger partial charge in [-0.25, -0.2) is 13.1 Å². The lowest BCUT2D eigenvalue weighted by atomic mass is 10.2. The smallest absolute Gasteiger partial charge is 0.240 e. The summed E-state index contributed by atoms with van der Waals surface area (Å²) < 4.78 is 26.5. The number of anilines is 1. The third-order valence-electron chi connectivity index (χ3n) is 3.32. The zero-order chi connectivity index (χ0) is 18.7. The molecule has 0 heterocycles. The van der Waals surface area contributed by atoms with E-state index in [2.05, 4.69) is 15.4 Å². The van der Waals surface area contributed by atoms with Gasteiger partial charge >= 0.3 is 0 Å². The maximum Gasteiger partial charge on any atom is 0.240 e. The van der Waals surface area contributed by atoms with Crippen LogP contribution in [-0.2, 0) is 19.6 Å². The average molecular weight is 370 g/mol. The molecule has 0 fully saturated rings. The molecular weight excluding hydrogens is 344 g/mol. The molecule has 0 atom stereocenters. The Balaban J connectivity index is 2.45. The lowest BCUT2D eigenvalue weighted by Gasteiger charge is -2.09. The van der Waals surface area contributed by atoms with Crippen LogP contribution in [0.25, 0.3) is 0 Å². The van der Waals surface area contributed by atoms with E-state index in [1.165, 1.54) is 19.1 Å². The monoisotopic (exact) mass is 370 g/mol. The summed E-state index contributed by atoms with van der Waals surface area (Å²) in [5.41, 5.74) is 5.73. The van der Waals surface area contributed by atoms with E-state index in [9.17, 15) is 18.0 Å². The highest BCUT2D eigenvalue weighted by Gasteiger charge is 2.14. The number of carbonyl (C=O) groups is 2. The van der Waals surface area contributed by atoms with Crippen molar-refractivity contribution in [2.24, 2.45) is 5.73 Å². The zero-order valence-corrected chi connectivity index (χ0v) is 15.2. The van der Waals surface area contributed by atoms with Gasteiger partial charge < -0.3 is 16.4 Å². The second-order valence-corrected chi connectivity index (χ2v) is 7.32. The molecule has 0 saturated heterocycles. The Kier molecular flexibility index (Phi) is 9.11. The van der Waals surface area contributed by atoms with Crippen LogP contribution in [0, 0.1) is 0 Å². The first-order valence-electron chi connectivity index (χ1n) is 8.19. The van der Waals surface area contributed by atoms with Crippen molar-refractivity contribution in [2.75, 3.05) is 25.0 Å². The van der Waals surface area contributed by atoms with Crippen LogP contribution in [0.15, 0.2) is 29.2 Å². The average Bonchev–Trinajstić information content (AvgIpc) is 2.56. The van der Waals surface area contributed by atoms with E-state index in [0.29, 0.717) is 25.1 Å². The number of benzene rings is 1. The molecule has 1 aromatic carbocycles. The Labute approximate surface area is 148 Å². The van der Waals surface area contributed by atoms with E-state index in [4.69, 9.17) is 5.73 Å². The van der Waals surface area contributed by atoms with Gasteiger partial charge in [-0.15, -0.1) is 0 Å². The van der Waals surface area contributed by atoms with Crippen molar-refractivity contribution in [3.8, 4) is 0 Å². The lowest BCUT2D eigenvalue weighted by Crippen LogP contribution is -2.29. The lowest BCUT2D eigenvalue weighted by molar-refractivity contribution is -0.119. The number of carbonyl (C=O) groups excluding carboxylic acids is 2. The summed E-state index contributed by atoms with van der Waals surface area (Å²) in [6.07, 6.45) is 2.67. The summed E-state index contributed by atoms with van der Waals surface area (Å²) in [6.45, 7) is 2.43. The van der Waals surface area contributed by atoms with Gasteiger partial charge in [0.15, 0.2) is 0 Å². The van der Waals surface area contributed by atoms with Gasteiger partial charge in [-0.3, -0.25) is 9.59 Å². The number of hydrogen-bond acceptors (Lipinski definition) is 5. The summed E-state index contributed by atoms with van der Waals surface area (Å²) in [5.74, 6) is -0.238. The Hall–Kier alpha value is -1.97. The zero-order valence-electron chi connectivity index (χ0n) is 14.4. The first-order valence-corrected chi connectivity index (χ1v) is 9.67. The van der Waals surface area contributed by atoms with Gasteiger partial charge in [0.05, 0.1) is 4.90 Å². The van der Waals surface area contributed by atoms with Crippen LogP contribution in [0.5, 0.6) is 0 Å². The molecule has 0 aromatic heterocycles. The van der Waals surface area contributed by atoms with Gasteiger partial charge in [0.25, 0.3) is 0 Å². The number of amides is 2. The minimum atomic E-state index is -3.63. The van der Waals surface area contributed by atoms with Crippen molar-refractivity contribution in [1.29, 1.82) is 0 Å². The fourth-order valence-electron chi connectivity index (χ4n) is 2.09. The molecule has 0 radical (unpaired) electrons. The Morgan fingerprint density at radius 3 is 2.56 bits per heavy atom. The number of sulfonamides is 1. The molecule has 1 rings (SSSR count). The molecule has 0 saturated carbocycles. The molecule has 9 heteroatoms. The quantitative estimate of drug-likeness (QED) is 0.423. The molecule has 0 aliphatic heterocycles. The van der Waals surface area contributed by atoms with E-state index in [-0.39, 0.29) is 29.8 Å². The van der Waals surface area contributed by atoms with E-state index in [1.807, 2.05) is 0 Å². The standard InChI is InChI=1S/C16H26N4O4S/c1-13(21)18-10-4-2-3-8-16(22)20-14-6-5-7-15(12-14)25(23,24)19-11-9-17/h5-7,12,19H,2-4,8-11,17H2,1H3,(H,18,21)(H,20,22). The Bertz CT molecular complexity index is 676. The molecule has 2 amide bonds. The minimum absolute atomic E-state index is 0.0615. The minimum Gasteiger partial charge on any atom is -0.356 e. The fraction of sp³-hybridized carbons (Fsp3) is 0.500. The molecular formula is C16H26N4O4S. The van der Waals surface area contributed by atoms with Crippen LogP contribution in [0.2, 0.25) is 0 Å². The molecule has 0 bridgehead atoms. The van der Waals surface area contributed by atoms with E-state index < -0.39 is 10.0 Å². The number of nitrogens with one attached hydrogen (secondary N) is 3. The normalized spacial score (nSPS) is 11.1. The van der Waals surface area contributed by atoms with Gasteiger partial charge in [-0.05, 0) is 31.0 Å². The second kappa shape index (κ2) is 10.8. The SMILES string of the molecule is CC(=O)NCCCCCC(=O)Nc1cccc(S(=O)(=O)NCCN)c1. The van der Waals surface area contributed by atoms with Gasteiger partial charge in [0.1, 0.15) is 0 Å². The highest BCUT2D eigenvalue weighted by atomic mass is 32.2. The van der Waals surface area contributed by atoms with Gasteiger partial charge in [-0.2, -0.15) is 0 Å². The van der Waals surface area contributed by atoms with Crippen molar-refractivity contribution in [2.45, 2.75) is 37.5 Å². The van der Waals surface area contributed by atoms with Gasteiger partial charge in [-0.1, -0.05) is 12.5 Å². The Morgan fingerprint density at radius 2 is 1.88 bits per heavy atom. The number of hydrogen-bond donors (Lipinski definition) is 4. The summed E-state index contributed by atoms with van der Waals surface area (Å²) in [7, 11) is -3.63. The topological polar surface area (TPSA) is 130 Å². The first-order chi connectivity index (χ1) is 11.8. The van der Waals surface area contributed by atoms with Gasteiger partial charge in [0, 0.05) is 38.7 Å². The van der Waals surface area contributed by atoms with Crippen LogP contribution in [0.4, 0.5) is 5.69 Å². The number of unbranched alkanes of at least 4 members (excludes halogenated alkanes) is 2. The molecule has 140 valence electrons. The molecule has 0 spiro atoms. The molecule has 1 aromatic rings. The summed E-state index contributed by atoms with van der Waals surface area (Å²) in [6, 6.07) is 6.07. The van der Waals surface area contributed by atoms with Gasteiger partial charge in [0.2, 0.25) is 21.8 Å². The van der Waals surface area contributed by atoms with E-state index >= 15 is 0 Å². The molecule has 0 aliphatic carbocycles. The maximum atomic E-state index is 12.0. The second-order valence-electron chi connectivity index (χ2n) is 5.56. The summed E-state index contributed by atoms with van der Waals surface area (Å²) in [4.78, 5) is 22.7. The van der Waals surface area contributed by atoms with Crippen LogP contribution in [0.3, 0.4) is 0 Å². The van der Waals surface area contributed by atoms with Crippen LogP contribution in [-0.4, -0.2) is 39.9 Å². The van der Waals surface area contributed by atoms with Crippen LogP contribution >= 0.6 is 0 Å². The van der Waals surface area contributed by atoms with Crippen LogP contribution in [0.1, 0.15) is 32.6 Å². The fourth-order valence-corrected chi connectivity index (χ4v) is 3.19. The highest BCUT2D eigenvalue weighted by molar-refractivity contribution is 7.89. The highest BCUT2D eigenvalue weighted by Crippen LogP contribution is 2.16. The summed E-state index contributed by atoms with van der Waals surface area (Å²) in [5, 5.41) is 5.39. The summed E-state index contributed by atoms with van der Waals surface area (Å²) >= 11 is 0. The van der Waals surface area contributed by atoms with Crippen molar-refractivity contribution >= 4 is 27.5 Å². The number of nitrogens with two attached hydrogens (primary N) is 1. The maximum absolute atomic E-state index is 12.0. The van der Waals surface area contributed by atoms with Crippen molar-refractivity contribution < 1.29 is 18.0 Å². The van der Waals surface area contributed by atoms with Crippen LogP contribution < -0.4 is 21.1 Å². The van der Waals surface area contributed by atoms with Crippen molar-refractivity contribution in [3.63, 3.8) is 0 Å². The Morgan fingerprint density at radius 1 is 1.12 bits per heavy atom. The predicted molar refractivity (Wildman–Crippen MR) is 96.5 cm³/mol. The third-order valence-corrected chi connectivity index (χ3v) is 4.78. The number of rotatable bonds is 11. The predicted octanol–water partition coefficient (Wildman–Crippen LogP) is 0.559. The molecule has 5 N–H and O–H groups in total. The molecule has 25 heavy (non-hydrogen) atoms. The molecule has 0 unspecified atom stereocenters. The largest absolute Gasteiger partial charge is 0.356 e. The van der Waals surface area contributed by atoms with E-state index in [0.717, 1.165) is 12.8 Å². The molecule has 8 nitrogen and oxygen atoms in total. The van der Waals surface area contributed by atoms with E-state index in [1.54, 1.807) is 12.1 Å². The molecule has 0 aliphatic rings. The third kappa shape index (κ3) is 8.62.